The van der Waals surface area contributed by atoms with Crippen molar-refractivity contribution in [2.75, 3.05) is 7.11 Å². The molecule has 3 rings (SSSR count). The molecule has 2 N–H and O–H groups in total. The summed E-state index contributed by atoms with van der Waals surface area (Å²) >= 11 is 0. The van der Waals surface area contributed by atoms with Gasteiger partial charge in [-0.2, -0.15) is 5.10 Å². The van der Waals surface area contributed by atoms with Crippen LogP contribution < -0.4 is 4.74 Å². The van der Waals surface area contributed by atoms with E-state index in [0.717, 1.165) is 28.6 Å². The van der Waals surface area contributed by atoms with E-state index in [1.165, 1.54) is 0 Å². The quantitative estimate of drug-likeness (QED) is 0.691. The summed E-state index contributed by atoms with van der Waals surface area (Å²) in [6.07, 6.45) is 0.736. The number of para-hydroxylation sites is 1. The van der Waals surface area contributed by atoms with E-state index in [1.807, 2.05) is 24.3 Å². The van der Waals surface area contributed by atoms with Crippen LogP contribution in [-0.4, -0.2) is 28.6 Å². The van der Waals surface area contributed by atoms with E-state index in [-0.39, 0.29) is 0 Å². The molecular formula is C13H11N3O2. The van der Waals surface area contributed by atoms with E-state index in [0.29, 0.717) is 11.4 Å². The highest BCUT2D eigenvalue weighted by molar-refractivity contribution is 5.90. The zero-order valence-electron chi connectivity index (χ0n) is 9.73. The number of benzene rings is 1. The fraction of sp³-hybridized carbons (Fsp3) is 0.0769. The van der Waals surface area contributed by atoms with Crippen molar-refractivity contribution in [3.8, 4) is 17.1 Å². The van der Waals surface area contributed by atoms with Crippen LogP contribution >= 0.6 is 0 Å². The maximum Gasteiger partial charge on any atom is 0.167 e. The van der Waals surface area contributed by atoms with Crippen LogP contribution in [0, 0.1) is 0 Å². The van der Waals surface area contributed by atoms with E-state index in [2.05, 4.69) is 15.2 Å². The highest BCUT2D eigenvalue weighted by Crippen LogP contribution is 2.29. The molecule has 18 heavy (non-hydrogen) atoms. The number of carbonyl (C=O) groups is 1. The number of fused-ring (bicyclic) bond motifs is 1. The molecule has 1 aromatic carbocycles. The highest BCUT2D eigenvalue weighted by Gasteiger charge is 2.09. The third-order valence-corrected chi connectivity index (χ3v) is 2.84. The van der Waals surface area contributed by atoms with E-state index in [9.17, 15) is 4.79 Å². The first-order valence-electron chi connectivity index (χ1n) is 5.48. The number of rotatable bonds is 3. The second kappa shape index (κ2) is 4.03. The Kier molecular flexibility index (Phi) is 2.37. The lowest BCUT2D eigenvalue weighted by molar-refractivity contribution is 0.111. The topological polar surface area (TPSA) is 70.8 Å². The van der Waals surface area contributed by atoms with Gasteiger partial charge < -0.3 is 9.72 Å². The summed E-state index contributed by atoms with van der Waals surface area (Å²) in [5, 5.41) is 7.78. The predicted molar refractivity (Wildman–Crippen MR) is 67.8 cm³/mol. The molecule has 0 radical (unpaired) electrons. The van der Waals surface area contributed by atoms with Gasteiger partial charge in [-0.25, -0.2) is 0 Å². The lowest BCUT2D eigenvalue weighted by Crippen LogP contribution is -1.83. The molecule has 0 unspecified atom stereocenters. The minimum absolute atomic E-state index is 0.454. The number of carbonyl (C=O) groups excluding carboxylic acids is 1. The second-order valence-electron chi connectivity index (χ2n) is 3.93. The van der Waals surface area contributed by atoms with Crippen LogP contribution in [0.1, 0.15) is 10.5 Å². The molecule has 0 bridgehead atoms. The number of ether oxygens (including phenoxy) is 1. The van der Waals surface area contributed by atoms with Crippen molar-refractivity contribution < 1.29 is 9.53 Å². The van der Waals surface area contributed by atoms with Crippen molar-refractivity contribution in [2.24, 2.45) is 0 Å². The zero-order valence-corrected chi connectivity index (χ0v) is 9.73. The first-order chi connectivity index (χ1) is 8.81. The Morgan fingerprint density at radius 3 is 2.94 bits per heavy atom. The largest absolute Gasteiger partial charge is 0.495 e. The molecule has 0 saturated carbocycles. The summed E-state index contributed by atoms with van der Waals surface area (Å²) in [6, 6.07) is 9.49. The number of methoxy groups -OCH3 is 1. The molecule has 0 fully saturated rings. The summed E-state index contributed by atoms with van der Waals surface area (Å²) in [4.78, 5) is 13.9. The van der Waals surface area contributed by atoms with E-state index >= 15 is 0 Å². The zero-order chi connectivity index (χ0) is 12.5. The monoisotopic (exact) mass is 241 g/mol. The van der Waals surface area contributed by atoms with Crippen molar-refractivity contribution >= 4 is 17.2 Å². The van der Waals surface area contributed by atoms with Gasteiger partial charge in [0, 0.05) is 5.39 Å². The maximum absolute atomic E-state index is 10.6. The molecule has 5 heteroatoms. The van der Waals surface area contributed by atoms with Crippen molar-refractivity contribution in [1.82, 2.24) is 15.2 Å². The number of hydrogen-bond acceptors (Lipinski definition) is 3. The SMILES string of the molecule is COc1cccc2cc(-c3cc(C=O)[nH]n3)[nH]c12. The van der Waals surface area contributed by atoms with Gasteiger partial charge in [0.25, 0.3) is 0 Å². The van der Waals surface area contributed by atoms with Crippen molar-refractivity contribution in [3.63, 3.8) is 0 Å². The van der Waals surface area contributed by atoms with Gasteiger partial charge >= 0.3 is 0 Å². The molecule has 0 saturated heterocycles. The third kappa shape index (κ3) is 1.57. The van der Waals surface area contributed by atoms with Crippen LogP contribution in [0.2, 0.25) is 0 Å². The smallest absolute Gasteiger partial charge is 0.167 e. The van der Waals surface area contributed by atoms with Crippen LogP contribution in [0.25, 0.3) is 22.3 Å². The Morgan fingerprint density at radius 1 is 1.33 bits per heavy atom. The molecule has 0 aliphatic heterocycles. The normalized spacial score (nSPS) is 10.7. The van der Waals surface area contributed by atoms with Gasteiger partial charge in [0.05, 0.1) is 24.0 Å². The lowest BCUT2D eigenvalue weighted by atomic mass is 10.2. The number of nitrogens with zero attached hydrogens (tertiary/aromatic N) is 1. The fourth-order valence-corrected chi connectivity index (χ4v) is 1.97. The molecule has 0 atom stereocenters. The van der Waals surface area contributed by atoms with Crippen molar-refractivity contribution in [3.05, 3.63) is 36.0 Å². The Hall–Kier alpha value is -2.56. The second-order valence-corrected chi connectivity index (χ2v) is 3.93. The van der Waals surface area contributed by atoms with Crippen LogP contribution in [0.5, 0.6) is 5.75 Å². The van der Waals surface area contributed by atoms with Crippen LogP contribution in [0.3, 0.4) is 0 Å². The minimum Gasteiger partial charge on any atom is -0.495 e. The van der Waals surface area contributed by atoms with E-state index in [1.54, 1.807) is 13.2 Å². The molecule has 0 amide bonds. The van der Waals surface area contributed by atoms with Gasteiger partial charge in [-0.05, 0) is 18.2 Å². The number of hydrogen-bond donors (Lipinski definition) is 2. The van der Waals surface area contributed by atoms with Gasteiger partial charge in [-0.15, -0.1) is 0 Å². The molecule has 90 valence electrons. The van der Waals surface area contributed by atoms with E-state index < -0.39 is 0 Å². The molecule has 0 aliphatic rings. The molecule has 2 aromatic heterocycles. The summed E-state index contributed by atoms with van der Waals surface area (Å²) < 4.78 is 5.29. The summed E-state index contributed by atoms with van der Waals surface area (Å²) in [5.41, 5.74) is 2.93. The summed E-state index contributed by atoms with van der Waals surface area (Å²) in [6.45, 7) is 0. The van der Waals surface area contributed by atoms with Gasteiger partial charge in [-0.1, -0.05) is 12.1 Å². The first kappa shape index (κ1) is 10.6. The van der Waals surface area contributed by atoms with Gasteiger partial charge in [0.15, 0.2) is 6.29 Å². The predicted octanol–water partition coefficient (Wildman–Crippen LogP) is 2.38. The average Bonchev–Trinajstić information content (AvgIpc) is 3.03. The highest BCUT2D eigenvalue weighted by atomic mass is 16.5. The molecule has 0 spiro atoms. The Morgan fingerprint density at radius 2 is 2.22 bits per heavy atom. The molecule has 5 nitrogen and oxygen atoms in total. The molecular weight excluding hydrogens is 230 g/mol. The summed E-state index contributed by atoms with van der Waals surface area (Å²) in [7, 11) is 1.63. The number of H-pyrrole nitrogens is 2. The molecule has 0 aliphatic carbocycles. The number of aromatic amines is 2. The Bertz CT molecular complexity index is 712. The third-order valence-electron chi connectivity index (χ3n) is 2.84. The van der Waals surface area contributed by atoms with Crippen LogP contribution in [0.15, 0.2) is 30.3 Å². The maximum atomic E-state index is 10.6. The van der Waals surface area contributed by atoms with Gasteiger partial charge in [-0.3, -0.25) is 9.89 Å². The molecule has 2 heterocycles. The summed E-state index contributed by atoms with van der Waals surface area (Å²) in [5.74, 6) is 0.782. The fourth-order valence-electron chi connectivity index (χ4n) is 1.97. The number of aldehydes is 1. The Balaban J connectivity index is 2.15. The first-order valence-corrected chi connectivity index (χ1v) is 5.48. The van der Waals surface area contributed by atoms with Crippen LogP contribution in [-0.2, 0) is 0 Å². The Labute approximate surface area is 103 Å². The van der Waals surface area contributed by atoms with Crippen LogP contribution in [0.4, 0.5) is 0 Å². The van der Waals surface area contributed by atoms with Gasteiger partial charge in [0.2, 0.25) is 0 Å². The average molecular weight is 241 g/mol. The van der Waals surface area contributed by atoms with Crippen molar-refractivity contribution in [2.45, 2.75) is 0 Å². The molecule has 3 aromatic rings. The number of nitrogens with one attached hydrogen (secondary N) is 2. The number of aromatic nitrogens is 3. The minimum atomic E-state index is 0.454. The lowest BCUT2D eigenvalue weighted by Gasteiger charge is -1.99. The standard InChI is InChI=1S/C13H11N3O2/c1-18-12-4-2-3-8-5-10(14-13(8)12)11-6-9(7-17)15-16-11/h2-7,14H,1H3,(H,15,16). The van der Waals surface area contributed by atoms with Crippen molar-refractivity contribution in [1.29, 1.82) is 0 Å². The van der Waals surface area contributed by atoms with E-state index in [4.69, 9.17) is 4.74 Å². The van der Waals surface area contributed by atoms with Gasteiger partial charge in [0.1, 0.15) is 11.4 Å².